The molecular weight excluding hydrogens is 286 g/mol. The minimum atomic E-state index is 0.594. The molecule has 4 heterocycles. The topological polar surface area (TPSA) is 38.9 Å². The minimum absolute atomic E-state index is 0.594. The molecule has 0 amide bonds. The van der Waals surface area contributed by atoms with Crippen LogP contribution in [-0.4, -0.2) is 37.3 Å². The molecule has 4 rings (SSSR count). The zero-order valence-electron chi connectivity index (χ0n) is 14.1. The van der Waals surface area contributed by atoms with E-state index in [1.54, 1.807) is 0 Å². The standard InChI is InChI=1S/C18H27N5/c1-2-22-13-15(10-20-22)12-21-8-5-6-16(14-21)18-19-11-17-7-3-4-9-23(17)18/h10-11,13,16H,2-9,12,14H2,1H3/t16-/m1/s1. The maximum Gasteiger partial charge on any atom is 0.113 e. The lowest BCUT2D eigenvalue weighted by Gasteiger charge is -2.33. The van der Waals surface area contributed by atoms with Crippen LogP contribution in [0, 0.1) is 0 Å². The molecule has 2 aromatic rings. The van der Waals surface area contributed by atoms with Crippen molar-refractivity contribution >= 4 is 0 Å². The molecular formula is C18H27N5. The Bertz CT molecular complexity index is 656. The number of aryl methyl sites for hydroxylation is 2. The molecule has 0 bridgehead atoms. The highest BCUT2D eigenvalue weighted by molar-refractivity contribution is 5.13. The highest BCUT2D eigenvalue weighted by Gasteiger charge is 2.26. The molecule has 124 valence electrons. The van der Waals surface area contributed by atoms with E-state index < -0.39 is 0 Å². The molecule has 23 heavy (non-hydrogen) atoms. The summed E-state index contributed by atoms with van der Waals surface area (Å²) in [7, 11) is 0. The summed E-state index contributed by atoms with van der Waals surface area (Å²) in [5, 5.41) is 4.40. The molecule has 5 heteroatoms. The van der Waals surface area contributed by atoms with Crippen LogP contribution in [0.5, 0.6) is 0 Å². The number of likely N-dealkylation sites (tertiary alicyclic amines) is 1. The van der Waals surface area contributed by atoms with E-state index in [0.29, 0.717) is 5.92 Å². The van der Waals surface area contributed by atoms with Crippen LogP contribution in [0.3, 0.4) is 0 Å². The van der Waals surface area contributed by atoms with Gasteiger partial charge in [-0.25, -0.2) is 4.98 Å². The van der Waals surface area contributed by atoms with Crippen molar-refractivity contribution in [3.63, 3.8) is 0 Å². The Labute approximate surface area is 138 Å². The van der Waals surface area contributed by atoms with Crippen molar-refractivity contribution in [2.45, 2.75) is 64.6 Å². The highest BCUT2D eigenvalue weighted by atomic mass is 15.3. The fraction of sp³-hybridized carbons (Fsp3) is 0.667. The maximum absolute atomic E-state index is 4.80. The minimum Gasteiger partial charge on any atom is -0.332 e. The number of imidazole rings is 1. The third kappa shape index (κ3) is 3.07. The summed E-state index contributed by atoms with van der Waals surface area (Å²) in [4.78, 5) is 7.38. The summed E-state index contributed by atoms with van der Waals surface area (Å²) in [6.07, 6.45) is 12.7. The predicted molar refractivity (Wildman–Crippen MR) is 90.3 cm³/mol. The number of fused-ring (bicyclic) bond motifs is 1. The number of rotatable bonds is 4. The fourth-order valence-corrected chi connectivity index (χ4v) is 4.12. The molecule has 0 radical (unpaired) electrons. The van der Waals surface area contributed by atoms with Crippen LogP contribution in [0.1, 0.15) is 55.6 Å². The summed E-state index contributed by atoms with van der Waals surface area (Å²) < 4.78 is 4.52. The monoisotopic (exact) mass is 313 g/mol. The zero-order chi connectivity index (χ0) is 15.6. The van der Waals surface area contributed by atoms with Crippen LogP contribution in [0.2, 0.25) is 0 Å². The van der Waals surface area contributed by atoms with E-state index in [1.807, 2.05) is 10.9 Å². The third-order valence-corrected chi connectivity index (χ3v) is 5.32. The van der Waals surface area contributed by atoms with Gasteiger partial charge in [-0.05, 0) is 45.6 Å². The first-order valence-corrected chi connectivity index (χ1v) is 9.11. The lowest BCUT2D eigenvalue weighted by Crippen LogP contribution is -2.35. The normalized spacial score (nSPS) is 22.2. The maximum atomic E-state index is 4.80. The summed E-state index contributed by atoms with van der Waals surface area (Å²) >= 11 is 0. The second-order valence-electron chi connectivity index (χ2n) is 7.00. The zero-order valence-corrected chi connectivity index (χ0v) is 14.1. The molecule has 2 aliphatic rings. The lowest BCUT2D eigenvalue weighted by molar-refractivity contribution is 0.194. The Hall–Kier alpha value is -1.62. The van der Waals surface area contributed by atoms with Gasteiger partial charge in [0, 0.05) is 55.7 Å². The van der Waals surface area contributed by atoms with E-state index in [0.717, 1.165) is 19.6 Å². The second-order valence-corrected chi connectivity index (χ2v) is 7.00. The van der Waals surface area contributed by atoms with E-state index in [1.165, 1.54) is 62.3 Å². The van der Waals surface area contributed by atoms with Crippen molar-refractivity contribution in [3.8, 4) is 0 Å². The van der Waals surface area contributed by atoms with Gasteiger partial charge in [-0.1, -0.05) is 0 Å². The molecule has 5 nitrogen and oxygen atoms in total. The first kappa shape index (κ1) is 14.9. The van der Waals surface area contributed by atoms with Gasteiger partial charge in [0.05, 0.1) is 6.20 Å². The molecule has 2 aliphatic heterocycles. The van der Waals surface area contributed by atoms with E-state index in [2.05, 4.69) is 33.9 Å². The Balaban J connectivity index is 1.45. The Kier molecular flexibility index (Phi) is 4.21. The van der Waals surface area contributed by atoms with Crippen molar-refractivity contribution in [1.82, 2.24) is 24.2 Å². The van der Waals surface area contributed by atoms with E-state index in [9.17, 15) is 0 Å². The smallest absolute Gasteiger partial charge is 0.113 e. The van der Waals surface area contributed by atoms with Gasteiger partial charge in [0.1, 0.15) is 5.82 Å². The van der Waals surface area contributed by atoms with Crippen LogP contribution in [0.25, 0.3) is 0 Å². The largest absolute Gasteiger partial charge is 0.332 e. The number of hydrogen-bond acceptors (Lipinski definition) is 3. The van der Waals surface area contributed by atoms with Crippen LogP contribution in [0.4, 0.5) is 0 Å². The highest BCUT2D eigenvalue weighted by Crippen LogP contribution is 2.29. The molecule has 0 N–H and O–H groups in total. The van der Waals surface area contributed by atoms with Crippen molar-refractivity contribution < 1.29 is 0 Å². The first-order chi connectivity index (χ1) is 11.3. The van der Waals surface area contributed by atoms with Gasteiger partial charge in [0.25, 0.3) is 0 Å². The van der Waals surface area contributed by atoms with E-state index in [-0.39, 0.29) is 0 Å². The number of hydrogen-bond donors (Lipinski definition) is 0. The Morgan fingerprint density at radius 3 is 3.00 bits per heavy atom. The molecule has 0 spiro atoms. The first-order valence-electron chi connectivity index (χ1n) is 9.11. The van der Waals surface area contributed by atoms with Crippen molar-refractivity contribution in [3.05, 3.63) is 35.7 Å². The summed E-state index contributed by atoms with van der Waals surface area (Å²) in [5.41, 5.74) is 2.78. The Morgan fingerprint density at radius 2 is 2.13 bits per heavy atom. The van der Waals surface area contributed by atoms with Gasteiger partial charge in [0.2, 0.25) is 0 Å². The molecule has 0 unspecified atom stereocenters. The SMILES string of the molecule is CCn1cc(CN2CCC[C@@H](c3ncc4n3CCCC4)C2)cn1. The predicted octanol–water partition coefficient (Wildman–Crippen LogP) is 2.82. The van der Waals surface area contributed by atoms with Crippen molar-refractivity contribution in [2.24, 2.45) is 0 Å². The second kappa shape index (κ2) is 6.48. The average Bonchev–Trinajstić information content (AvgIpc) is 3.21. The van der Waals surface area contributed by atoms with Crippen LogP contribution in [-0.2, 0) is 26.1 Å². The van der Waals surface area contributed by atoms with Gasteiger partial charge in [-0.15, -0.1) is 0 Å². The van der Waals surface area contributed by atoms with Crippen molar-refractivity contribution in [2.75, 3.05) is 13.1 Å². The molecule has 0 aromatic carbocycles. The average molecular weight is 313 g/mol. The summed E-state index contributed by atoms with van der Waals surface area (Å²) in [6, 6.07) is 0. The number of nitrogens with zero attached hydrogens (tertiary/aromatic N) is 5. The van der Waals surface area contributed by atoms with Crippen LogP contribution >= 0.6 is 0 Å². The molecule has 1 fully saturated rings. The van der Waals surface area contributed by atoms with Crippen molar-refractivity contribution in [1.29, 1.82) is 0 Å². The number of piperidine rings is 1. The van der Waals surface area contributed by atoms with Gasteiger partial charge in [-0.2, -0.15) is 5.10 Å². The van der Waals surface area contributed by atoms with Crippen LogP contribution < -0.4 is 0 Å². The van der Waals surface area contributed by atoms with Gasteiger partial charge >= 0.3 is 0 Å². The number of aromatic nitrogens is 4. The summed E-state index contributed by atoms with van der Waals surface area (Å²) in [5.74, 6) is 1.94. The quantitative estimate of drug-likeness (QED) is 0.871. The third-order valence-electron chi connectivity index (χ3n) is 5.32. The molecule has 0 saturated carbocycles. The van der Waals surface area contributed by atoms with E-state index >= 15 is 0 Å². The van der Waals surface area contributed by atoms with Gasteiger partial charge in [-0.3, -0.25) is 9.58 Å². The molecule has 0 aliphatic carbocycles. The molecule has 2 aromatic heterocycles. The molecule has 1 atom stereocenters. The van der Waals surface area contributed by atoms with Crippen LogP contribution in [0.15, 0.2) is 18.6 Å². The lowest BCUT2D eigenvalue weighted by atomic mass is 9.96. The molecule has 1 saturated heterocycles. The fourth-order valence-electron chi connectivity index (χ4n) is 4.12. The van der Waals surface area contributed by atoms with Gasteiger partial charge in [0.15, 0.2) is 0 Å². The summed E-state index contributed by atoms with van der Waals surface area (Å²) in [6.45, 7) is 7.60. The van der Waals surface area contributed by atoms with Gasteiger partial charge < -0.3 is 4.57 Å². The Morgan fingerprint density at radius 1 is 1.17 bits per heavy atom. The van der Waals surface area contributed by atoms with E-state index in [4.69, 9.17) is 4.98 Å².